The molecule has 1 rings (SSSR count). The normalized spacial score (nSPS) is 13.7. The van der Waals surface area contributed by atoms with Crippen molar-refractivity contribution in [2.24, 2.45) is 5.73 Å². The van der Waals surface area contributed by atoms with E-state index in [0.29, 0.717) is 0 Å². The average molecular weight is 227 g/mol. The fraction of sp³-hybridized carbons (Fsp3) is 0.545. The molecule has 0 aromatic carbocycles. The van der Waals surface area contributed by atoms with Crippen LogP contribution in [0.1, 0.15) is 23.6 Å². The van der Waals surface area contributed by atoms with Crippen molar-refractivity contribution in [2.45, 2.75) is 32.2 Å². The van der Waals surface area contributed by atoms with Crippen LogP contribution in [-0.4, -0.2) is 19.1 Å². The highest BCUT2D eigenvalue weighted by molar-refractivity contribution is 7.12. The molecule has 2 N–H and O–H groups in total. The first kappa shape index (κ1) is 12.2. The van der Waals surface area contributed by atoms with Crippen molar-refractivity contribution in [3.8, 4) is 0 Å². The summed E-state index contributed by atoms with van der Waals surface area (Å²) in [6.45, 7) is 5.95. The van der Waals surface area contributed by atoms with Crippen molar-refractivity contribution >= 4 is 17.3 Å². The highest BCUT2D eigenvalue weighted by Crippen LogP contribution is 2.32. The summed E-state index contributed by atoms with van der Waals surface area (Å²) in [5.74, 6) is -0.369. The van der Waals surface area contributed by atoms with E-state index in [9.17, 15) is 4.79 Å². The van der Waals surface area contributed by atoms with Crippen LogP contribution in [-0.2, 0) is 14.9 Å². The van der Waals surface area contributed by atoms with Crippen LogP contribution in [0, 0.1) is 6.92 Å². The number of methoxy groups -OCH3 is 1. The number of nitrogens with two attached hydrogens (primary N) is 1. The molecule has 84 valence electrons. The number of rotatable bonds is 3. The van der Waals surface area contributed by atoms with Gasteiger partial charge >= 0.3 is 5.97 Å². The quantitative estimate of drug-likeness (QED) is 0.802. The summed E-state index contributed by atoms with van der Waals surface area (Å²) in [6.07, 6.45) is 0. The smallest absolute Gasteiger partial charge is 0.323 e. The predicted molar refractivity (Wildman–Crippen MR) is 62.1 cm³/mol. The highest BCUT2D eigenvalue weighted by Gasteiger charge is 2.35. The lowest BCUT2D eigenvalue weighted by Crippen LogP contribution is -2.47. The fourth-order valence-electron chi connectivity index (χ4n) is 1.36. The van der Waals surface area contributed by atoms with Crippen LogP contribution in [0.5, 0.6) is 0 Å². The Kier molecular flexibility index (Phi) is 3.52. The molecule has 1 atom stereocenters. The first-order valence-corrected chi connectivity index (χ1v) is 5.61. The minimum absolute atomic E-state index is 0.369. The van der Waals surface area contributed by atoms with E-state index in [-0.39, 0.29) is 11.4 Å². The van der Waals surface area contributed by atoms with Gasteiger partial charge in [0.15, 0.2) is 0 Å². The molecular formula is C11H17NO2S. The Balaban J connectivity index is 2.96. The van der Waals surface area contributed by atoms with E-state index in [1.807, 2.05) is 32.9 Å². The Morgan fingerprint density at radius 3 is 2.53 bits per heavy atom. The lowest BCUT2D eigenvalue weighted by atomic mass is 9.83. The standard InChI is InChI=1S/C11H17NO2S/c1-7-5-6-8(15-7)11(2,3)9(12)10(13)14-4/h5-6,9H,12H2,1-4H3. The molecule has 15 heavy (non-hydrogen) atoms. The zero-order valence-corrected chi connectivity index (χ0v) is 10.4. The predicted octanol–water partition coefficient (Wildman–Crippen LogP) is 1.83. The monoisotopic (exact) mass is 227 g/mol. The second-order valence-corrected chi connectivity index (χ2v) is 5.42. The van der Waals surface area contributed by atoms with Crippen LogP contribution in [0.4, 0.5) is 0 Å². The minimum atomic E-state index is -0.624. The molecule has 0 aliphatic rings. The number of hydrogen-bond acceptors (Lipinski definition) is 4. The SMILES string of the molecule is COC(=O)C(N)C(C)(C)c1ccc(C)s1. The third kappa shape index (κ3) is 2.38. The lowest BCUT2D eigenvalue weighted by Gasteiger charge is -2.28. The summed E-state index contributed by atoms with van der Waals surface area (Å²) < 4.78 is 4.67. The second-order valence-electron chi connectivity index (χ2n) is 4.13. The van der Waals surface area contributed by atoms with Gasteiger partial charge in [0.05, 0.1) is 7.11 Å². The molecule has 0 amide bonds. The first-order valence-electron chi connectivity index (χ1n) is 4.80. The Labute approximate surface area is 94.2 Å². The van der Waals surface area contributed by atoms with Gasteiger partial charge in [0.25, 0.3) is 0 Å². The number of thiophene rings is 1. The van der Waals surface area contributed by atoms with Gasteiger partial charge in [-0.2, -0.15) is 0 Å². The van der Waals surface area contributed by atoms with Crippen molar-refractivity contribution in [3.05, 3.63) is 21.9 Å². The molecule has 3 nitrogen and oxygen atoms in total. The van der Waals surface area contributed by atoms with E-state index >= 15 is 0 Å². The second kappa shape index (κ2) is 4.33. The third-order valence-electron chi connectivity index (χ3n) is 2.61. The molecule has 0 saturated carbocycles. The van der Waals surface area contributed by atoms with Crippen LogP contribution in [0.25, 0.3) is 0 Å². The zero-order chi connectivity index (χ0) is 11.6. The summed E-state index contributed by atoms with van der Waals surface area (Å²) in [7, 11) is 1.36. The van der Waals surface area contributed by atoms with Crippen molar-refractivity contribution < 1.29 is 9.53 Å². The molecule has 1 unspecified atom stereocenters. The van der Waals surface area contributed by atoms with E-state index in [2.05, 4.69) is 4.74 Å². The van der Waals surface area contributed by atoms with Crippen molar-refractivity contribution in [1.29, 1.82) is 0 Å². The van der Waals surface area contributed by atoms with E-state index in [1.54, 1.807) is 11.3 Å². The molecule has 0 fully saturated rings. The number of aryl methyl sites for hydroxylation is 1. The molecule has 0 aliphatic heterocycles. The van der Waals surface area contributed by atoms with Gasteiger partial charge in [-0.25, -0.2) is 0 Å². The minimum Gasteiger partial charge on any atom is -0.468 e. The van der Waals surface area contributed by atoms with E-state index in [0.717, 1.165) is 4.88 Å². The maximum atomic E-state index is 11.4. The maximum Gasteiger partial charge on any atom is 0.323 e. The van der Waals surface area contributed by atoms with Gasteiger partial charge in [-0.15, -0.1) is 11.3 Å². The summed E-state index contributed by atoms with van der Waals surface area (Å²) >= 11 is 1.66. The molecule has 1 aromatic rings. The maximum absolute atomic E-state index is 11.4. The van der Waals surface area contributed by atoms with Crippen LogP contribution < -0.4 is 5.73 Å². The van der Waals surface area contributed by atoms with Crippen LogP contribution in [0.15, 0.2) is 12.1 Å². The number of hydrogen-bond donors (Lipinski definition) is 1. The molecule has 1 heterocycles. The Bertz CT molecular complexity index is 357. The fourth-order valence-corrected chi connectivity index (χ4v) is 2.36. The summed E-state index contributed by atoms with van der Waals surface area (Å²) in [6, 6.07) is 3.43. The summed E-state index contributed by atoms with van der Waals surface area (Å²) in [5.41, 5.74) is 5.50. The van der Waals surface area contributed by atoms with E-state index < -0.39 is 6.04 Å². The number of esters is 1. The molecular weight excluding hydrogens is 210 g/mol. The Hall–Kier alpha value is -0.870. The molecule has 0 radical (unpaired) electrons. The molecule has 0 aliphatic carbocycles. The topological polar surface area (TPSA) is 52.3 Å². The molecule has 0 bridgehead atoms. The number of ether oxygens (including phenoxy) is 1. The Morgan fingerprint density at radius 1 is 1.53 bits per heavy atom. The van der Waals surface area contributed by atoms with Crippen molar-refractivity contribution in [2.75, 3.05) is 7.11 Å². The van der Waals surface area contributed by atoms with Gasteiger partial charge in [0.1, 0.15) is 6.04 Å². The van der Waals surface area contributed by atoms with Crippen molar-refractivity contribution in [1.82, 2.24) is 0 Å². The molecule has 1 aromatic heterocycles. The van der Waals surface area contributed by atoms with Crippen molar-refractivity contribution in [3.63, 3.8) is 0 Å². The van der Waals surface area contributed by atoms with Gasteiger partial charge < -0.3 is 10.5 Å². The van der Waals surface area contributed by atoms with Gasteiger partial charge in [0.2, 0.25) is 0 Å². The Morgan fingerprint density at radius 2 is 2.13 bits per heavy atom. The van der Waals surface area contributed by atoms with Gasteiger partial charge in [-0.3, -0.25) is 4.79 Å². The number of carbonyl (C=O) groups is 1. The largest absolute Gasteiger partial charge is 0.468 e. The molecule has 0 spiro atoms. The van der Waals surface area contributed by atoms with Crippen LogP contribution in [0.3, 0.4) is 0 Å². The third-order valence-corrected chi connectivity index (χ3v) is 3.95. The zero-order valence-electron chi connectivity index (χ0n) is 9.53. The van der Waals surface area contributed by atoms with Crippen LogP contribution >= 0.6 is 11.3 Å². The molecule has 0 saturated heterocycles. The number of carbonyl (C=O) groups excluding carboxylic acids is 1. The average Bonchev–Trinajstić information content (AvgIpc) is 2.63. The summed E-state index contributed by atoms with van der Waals surface area (Å²) in [5, 5.41) is 0. The van der Waals surface area contributed by atoms with Crippen LogP contribution in [0.2, 0.25) is 0 Å². The van der Waals surface area contributed by atoms with E-state index in [1.165, 1.54) is 12.0 Å². The van der Waals surface area contributed by atoms with Gasteiger partial charge in [0, 0.05) is 15.2 Å². The van der Waals surface area contributed by atoms with Gasteiger partial charge in [-0.05, 0) is 19.1 Å². The van der Waals surface area contributed by atoms with Gasteiger partial charge in [-0.1, -0.05) is 13.8 Å². The van der Waals surface area contributed by atoms with E-state index in [4.69, 9.17) is 5.73 Å². The lowest BCUT2D eigenvalue weighted by molar-refractivity contribution is -0.143. The summed E-state index contributed by atoms with van der Waals surface area (Å²) in [4.78, 5) is 13.7. The highest BCUT2D eigenvalue weighted by atomic mass is 32.1. The first-order chi connectivity index (χ1) is 6.89. The molecule has 4 heteroatoms.